The van der Waals surface area contributed by atoms with E-state index in [1.165, 1.54) is 0 Å². The minimum Gasteiger partial charge on any atom is -0.361 e. The van der Waals surface area contributed by atoms with Crippen molar-refractivity contribution in [2.45, 2.75) is 26.7 Å². The zero-order valence-corrected chi connectivity index (χ0v) is 16.1. The van der Waals surface area contributed by atoms with Crippen LogP contribution in [0.5, 0.6) is 0 Å². The molecule has 2 atom stereocenters. The number of allylic oxidation sites excluding steroid dienone is 2. The van der Waals surface area contributed by atoms with Crippen molar-refractivity contribution in [1.82, 2.24) is 0 Å². The van der Waals surface area contributed by atoms with E-state index < -0.39 is 41.1 Å². The molecule has 0 aliphatic carbocycles. The molecule has 0 radical (unpaired) electrons. The lowest BCUT2D eigenvalue weighted by Crippen LogP contribution is -2.12. The molecular formula is C14H24O9P2. The molecule has 0 aliphatic rings. The Bertz CT molecular complexity index is 559. The zero-order chi connectivity index (χ0) is 19.7. The molecule has 0 heterocycles. The summed E-state index contributed by atoms with van der Waals surface area (Å²) in [5, 5.41) is 0. The first-order chi connectivity index (χ1) is 11.3. The lowest BCUT2D eigenvalue weighted by molar-refractivity contribution is -0.123. The Kier molecular flexibility index (Phi) is 10.5. The summed E-state index contributed by atoms with van der Waals surface area (Å²) in [4.78, 5) is 41.7. The molecule has 0 aromatic carbocycles. The molecule has 0 spiro atoms. The average Bonchev–Trinajstić information content (AvgIpc) is 2.34. The van der Waals surface area contributed by atoms with Gasteiger partial charge in [0.25, 0.3) is 0 Å². The van der Waals surface area contributed by atoms with Crippen molar-refractivity contribution < 1.29 is 42.3 Å². The van der Waals surface area contributed by atoms with Gasteiger partial charge in [0, 0.05) is 12.8 Å². The van der Waals surface area contributed by atoms with Crippen molar-refractivity contribution in [3.05, 3.63) is 24.3 Å². The molecule has 0 bridgehead atoms. The monoisotopic (exact) mass is 398 g/mol. The van der Waals surface area contributed by atoms with E-state index in [0.29, 0.717) is 11.1 Å². The average molecular weight is 398 g/mol. The van der Waals surface area contributed by atoms with Crippen LogP contribution in [0, 0.1) is 0 Å². The Balaban J connectivity index is 4.27. The van der Waals surface area contributed by atoms with E-state index in [4.69, 9.17) is 9.47 Å². The van der Waals surface area contributed by atoms with E-state index in [0.717, 1.165) is 0 Å². The van der Waals surface area contributed by atoms with Crippen molar-refractivity contribution in [2.75, 3.05) is 25.9 Å². The van der Waals surface area contributed by atoms with E-state index in [1.807, 2.05) is 0 Å². The predicted octanol–water partition coefficient (Wildman–Crippen LogP) is 2.39. The molecule has 9 nitrogen and oxygen atoms in total. The molecule has 0 saturated heterocycles. The van der Waals surface area contributed by atoms with Gasteiger partial charge in [-0.1, -0.05) is 24.3 Å². The molecule has 25 heavy (non-hydrogen) atoms. The quantitative estimate of drug-likeness (QED) is 0.334. The molecule has 0 rings (SSSR count). The Morgan fingerprint density at radius 3 is 1.44 bits per heavy atom. The molecular weight excluding hydrogens is 374 g/mol. The summed E-state index contributed by atoms with van der Waals surface area (Å²) in [5.74, 6) is -0.724. The number of ketones is 2. The number of rotatable bonds is 14. The highest BCUT2D eigenvalue weighted by Gasteiger charge is 2.33. The SMILES string of the molecule is C=C(C)CC(=O)COCP(=O)(O)OP(=O)(O)COCC(=O)CC(=C)C. The van der Waals surface area contributed by atoms with Gasteiger partial charge >= 0.3 is 15.2 Å². The Morgan fingerprint density at radius 2 is 1.16 bits per heavy atom. The lowest BCUT2D eigenvalue weighted by Gasteiger charge is -2.16. The first kappa shape index (κ1) is 24.1. The molecule has 0 aromatic rings. The van der Waals surface area contributed by atoms with Gasteiger partial charge in [0.05, 0.1) is 0 Å². The molecule has 2 N–H and O–H groups in total. The second kappa shape index (κ2) is 10.9. The highest BCUT2D eigenvalue weighted by atomic mass is 31.3. The van der Waals surface area contributed by atoms with Gasteiger partial charge in [-0.3, -0.25) is 18.7 Å². The number of hydrogen-bond donors (Lipinski definition) is 2. The summed E-state index contributed by atoms with van der Waals surface area (Å²) in [7, 11) is -9.16. The maximum Gasteiger partial charge on any atom is 0.360 e. The zero-order valence-electron chi connectivity index (χ0n) is 14.3. The van der Waals surface area contributed by atoms with E-state index in [-0.39, 0.29) is 24.4 Å². The Morgan fingerprint density at radius 1 is 0.840 bits per heavy atom. The van der Waals surface area contributed by atoms with Crippen LogP contribution < -0.4 is 0 Å². The Hall–Kier alpha value is -0.920. The smallest absolute Gasteiger partial charge is 0.360 e. The summed E-state index contributed by atoms with van der Waals surface area (Å²) >= 11 is 0. The fourth-order valence-electron chi connectivity index (χ4n) is 1.57. The highest BCUT2D eigenvalue weighted by molar-refractivity contribution is 7.66. The maximum atomic E-state index is 11.7. The third-order valence-corrected chi connectivity index (χ3v) is 5.35. The number of Topliss-reactive ketones (excluding diaryl/α,β-unsaturated/α-hetero) is 2. The number of carbonyl (C=O) groups is 2. The van der Waals surface area contributed by atoms with E-state index >= 15 is 0 Å². The van der Waals surface area contributed by atoms with Gasteiger partial charge in [-0.05, 0) is 13.8 Å². The van der Waals surface area contributed by atoms with Crippen LogP contribution >= 0.6 is 15.2 Å². The summed E-state index contributed by atoms with van der Waals surface area (Å²) < 4.78 is 37.1. The third-order valence-electron chi connectivity index (χ3n) is 2.29. The summed E-state index contributed by atoms with van der Waals surface area (Å²) in [5.41, 5.74) is 1.21. The van der Waals surface area contributed by atoms with Crippen LogP contribution in [0.25, 0.3) is 0 Å². The molecule has 0 aromatic heterocycles. The van der Waals surface area contributed by atoms with Crippen molar-refractivity contribution in [2.24, 2.45) is 0 Å². The molecule has 2 unspecified atom stereocenters. The Labute approximate surface area is 146 Å². The van der Waals surface area contributed by atoms with Crippen LogP contribution in [0.3, 0.4) is 0 Å². The summed E-state index contributed by atoms with van der Waals surface area (Å²) in [6.07, 6.45) is -1.76. The van der Waals surface area contributed by atoms with Gasteiger partial charge < -0.3 is 19.3 Å². The van der Waals surface area contributed by atoms with Crippen LogP contribution in [-0.2, 0) is 32.5 Å². The number of ether oxygens (including phenoxy) is 2. The van der Waals surface area contributed by atoms with Gasteiger partial charge in [-0.15, -0.1) is 0 Å². The molecule has 144 valence electrons. The van der Waals surface area contributed by atoms with Gasteiger partial charge in [0.1, 0.15) is 25.9 Å². The molecule has 11 heteroatoms. The first-order valence-electron chi connectivity index (χ1n) is 7.15. The standard InChI is InChI=1S/C14H24O9P2/c1-11(2)5-13(15)7-21-9-24(17,18)23-25(19,20)10-22-8-14(16)6-12(3)4/h1,3,5-10H2,2,4H3,(H,17,18)(H,19,20). The topological polar surface area (TPSA) is 136 Å². The van der Waals surface area contributed by atoms with Crippen molar-refractivity contribution >= 4 is 26.8 Å². The van der Waals surface area contributed by atoms with Crippen LogP contribution in [0.1, 0.15) is 26.7 Å². The second-order valence-corrected chi connectivity index (χ2v) is 9.38. The molecule has 0 aliphatic heterocycles. The fraction of sp³-hybridized carbons (Fsp3) is 0.571. The maximum absolute atomic E-state index is 11.7. The van der Waals surface area contributed by atoms with Crippen molar-refractivity contribution in [3.8, 4) is 0 Å². The normalized spacial score (nSPS) is 15.8. The van der Waals surface area contributed by atoms with Gasteiger partial charge in [-0.25, -0.2) is 4.31 Å². The van der Waals surface area contributed by atoms with Crippen molar-refractivity contribution in [3.63, 3.8) is 0 Å². The highest BCUT2D eigenvalue weighted by Crippen LogP contribution is 2.59. The van der Waals surface area contributed by atoms with Crippen LogP contribution in [0.2, 0.25) is 0 Å². The molecule has 0 amide bonds. The third kappa shape index (κ3) is 14.0. The second-order valence-electron chi connectivity index (χ2n) is 5.66. The number of carbonyl (C=O) groups excluding carboxylic acids is 2. The summed E-state index contributed by atoms with van der Waals surface area (Å²) in [6, 6.07) is 0. The van der Waals surface area contributed by atoms with Crippen molar-refractivity contribution in [1.29, 1.82) is 0 Å². The number of hydrogen-bond acceptors (Lipinski definition) is 7. The molecule has 0 fully saturated rings. The lowest BCUT2D eigenvalue weighted by atomic mass is 10.2. The van der Waals surface area contributed by atoms with E-state index in [9.17, 15) is 28.5 Å². The van der Waals surface area contributed by atoms with E-state index in [2.05, 4.69) is 17.5 Å². The fourth-order valence-corrected chi connectivity index (χ4v) is 4.19. The minimum absolute atomic E-state index is 0.0567. The first-order valence-corrected chi connectivity index (χ1v) is 10.7. The van der Waals surface area contributed by atoms with Crippen LogP contribution in [0.15, 0.2) is 24.3 Å². The van der Waals surface area contributed by atoms with Crippen LogP contribution in [-0.4, -0.2) is 47.3 Å². The molecule has 0 saturated carbocycles. The van der Waals surface area contributed by atoms with Gasteiger partial charge in [0.2, 0.25) is 0 Å². The van der Waals surface area contributed by atoms with Gasteiger partial charge in [0.15, 0.2) is 11.6 Å². The van der Waals surface area contributed by atoms with E-state index in [1.54, 1.807) is 13.8 Å². The minimum atomic E-state index is -4.58. The largest absolute Gasteiger partial charge is 0.361 e. The van der Waals surface area contributed by atoms with Crippen LogP contribution in [0.4, 0.5) is 0 Å². The predicted molar refractivity (Wildman–Crippen MR) is 91.2 cm³/mol. The van der Waals surface area contributed by atoms with Gasteiger partial charge in [-0.2, -0.15) is 0 Å². The summed E-state index contributed by atoms with van der Waals surface area (Å²) in [6.45, 7) is 9.45.